The van der Waals surface area contributed by atoms with Crippen molar-refractivity contribution in [3.05, 3.63) is 17.7 Å². The van der Waals surface area contributed by atoms with Gasteiger partial charge in [-0.05, 0) is 57.7 Å². The number of hydrogen-bond donors (Lipinski definition) is 1. The maximum absolute atomic E-state index is 12.8. The molecule has 162 valence electrons. The summed E-state index contributed by atoms with van der Waals surface area (Å²) in [6.45, 7) is 6.22. The zero-order valence-corrected chi connectivity index (χ0v) is 18.2. The Kier molecular flexibility index (Phi) is 7.59. The molecule has 2 rings (SSSR count). The summed E-state index contributed by atoms with van der Waals surface area (Å²) in [4.78, 5) is 26.9. The third-order valence-electron chi connectivity index (χ3n) is 4.62. The molecule has 0 radical (unpaired) electrons. The van der Waals surface area contributed by atoms with Gasteiger partial charge in [0.15, 0.2) is 11.5 Å². The molecule has 1 aromatic carbocycles. The highest BCUT2D eigenvalue weighted by atomic mass is 16.6. The van der Waals surface area contributed by atoms with Crippen LogP contribution in [0.15, 0.2) is 12.1 Å². The van der Waals surface area contributed by atoms with Crippen LogP contribution >= 0.6 is 0 Å². The lowest BCUT2D eigenvalue weighted by Crippen LogP contribution is -2.52. The highest BCUT2D eigenvalue weighted by Gasteiger charge is 2.34. The molecule has 0 spiro atoms. The number of ether oxygens (including phenoxy) is 4. The van der Waals surface area contributed by atoms with Gasteiger partial charge in [0.25, 0.3) is 0 Å². The van der Waals surface area contributed by atoms with Gasteiger partial charge < -0.3 is 24.3 Å². The number of nitrogens with one attached hydrogen (secondary N) is 1. The Hall–Kier alpha value is -2.64. The zero-order chi connectivity index (χ0) is 21.6. The Labute approximate surface area is 172 Å². The first-order valence-corrected chi connectivity index (χ1v) is 9.76. The van der Waals surface area contributed by atoms with Crippen LogP contribution in [-0.2, 0) is 16.1 Å². The van der Waals surface area contributed by atoms with Crippen LogP contribution in [0, 0.1) is 0 Å². The Morgan fingerprint density at radius 2 is 1.69 bits per heavy atom. The van der Waals surface area contributed by atoms with E-state index in [-0.39, 0.29) is 12.5 Å². The summed E-state index contributed by atoms with van der Waals surface area (Å²) in [6, 6.07) is 3.03. The molecule has 1 aliphatic rings. The van der Waals surface area contributed by atoms with Crippen LogP contribution in [0.3, 0.4) is 0 Å². The summed E-state index contributed by atoms with van der Waals surface area (Å²) in [5.41, 5.74) is 0.193. The van der Waals surface area contributed by atoms with Crippen LogP contribution < -0.4 is 19.5 Å². The zero-order valence-electron chi connectivity index (χ0n) is 18.2. The van der Waals surface area contributed by atoms with Crippen molar-refractivity contribution in [1.29, 1.82) is 0 Å². The van der Waals surface area contributed by atoms with E-state index in [1.54, 1.807) is 26.4 Å². The van der Waals surface area contributed by atoms with Crippen LogP contribution in [0.4, 0.5) is 4.79 Å². The third kappa shape index (κ3) is 5.92. The van der Waals surface area contributed by atoms with Crippen LogP contribution in [0.2, 0.25) is 0 Å². The lowest BCUT2D eigenvalue weighted by molar-refractivity contribution is -0.127. The van der Waals surface area contributed by atoms with Crippen molar-refractivity contribution >= 4 is 12.0 Å². The number of benzene rings is 1. The molecule has 0 saturated carbocycles. The predicted octanol–water partition coefficient (Wildman–Crippen LogP) is 3.12. The number of methoxy groups -OCH3 is 3. The van der Waals surface area contributed by atoms with Crippen molar-refractivity contribution in [2.24, 2.45) is 0 Å². The van der Waals surface area contributed by atoms with Crippen LogP contribution in [0.1, 0.15) is 45.6 Å². The van der Waals surface area contributed by atoms with Crippen molar-refractivity contribution in [3.8, 4) is 17.2 Å². The topological polar surface area (TPSA) is 86.3 Å². The lowest BCUT2D eigenvalue weighted by Gasteiger charge is -2.35. The number of piperidine rings is 1. The fourth-order valence-electron chi connectivity index (χ4n) is 3.29. The number of nitrogens with zero attached hydrogens (tertiary/aromatic N) is 1. The van der Waals surface area contributed by atoms with E-state index in [1.165, 1.54) is 12.0 Å². The van der Waals surface area contributed by atoms with Crippen LogP contribution in [0.5, 0.6) is 17.2 Å². The predicted molar refractivity (Wildman–Crippen MR) is 109 cm³/mol. The average molecular weight is 408 g/mol. The molecule has 8 nitrogen and oxygen atoms in total. The molecular weight excluding hydrogens is 376 g/mol. The summed E-state index contributed by atoms with van der Waals surface area (Å²) >= 11 is 0. The summed E-state index contributed by atoms with van der Waals surface area (Å²) in [5, 5.41) is 2.92. The molecule has 0 bridgehead atoms. The highest BCUT2D eigenvalue weighted by Crippen LogP contribution is 2.38. The molecule has 29 heavy (non-hydrogen) atoms. The number of amides is 2. The van der Waals surface area contributed by atoms with Gasteiger partial charge in [0, 0.05) is 13.1 Å². The van der Waals surface area contributed by atoms with E-state index in [0.717, 1.165) is 18.4 Å². The second-order valence-electron chi connectivity index (χ2n) is 7.94. The van der Waals surface area contributed by atoms with Gasteiger partial charge in [-0.3, -0.25) is 9.69 Å². The van der Waals surface area contributed by atoms with Gasteiger partial charge in [-0.25, -0.2) is 4.79 Å². The van der Waals surface area contributed by atoms with E-state index in [1.807, 2.05) is 20.8 Å². The monoisotopic (exact) mass is 408 g/mol. The van der Waals surface area contributed by atoms with Gasteiger partial charge in [0.1, 0.15) is 11.6 Å². The second-order valence-corrected chi connectivity index (χ2v) is 7.94. The molecular formula is C21H32N2O6. The normalized spacial score (nSPS) is 16.8. The highest BCUT2D eigenvalue weighted by molar-refractivity contribution is 5.86. The van der Waals surface area contributed by atoms with Crippen molar-refractivity contribution < 1.29 is 28.5 Å². The van der Waals surface area contributed by atoms with Gasteiger partial charge >= 0.3 is 6.09 Å². The first-order chi connectivity index (χ1) is 13.7. The van der Waals surface area contributed by atoms with Gasteiger partial charge in [0.05, 0.1) is 21.3 Å². The number of carbonyl (C=O) groups is 2. The van der Waals surface area contributed by atoms with E-state index in [9.17, 15) is 9.59 Å². The summed E-state index contributed by atoms with van der Waals surface area (Å²) in [7, 11) is 4.62. The molecule has 0 aromatic heterocycles. The van der Waals surface area contributed by atoms with E-state index in [4.69, 9.17) is 18.9 Å². The van der Waals surface area contributed by atoms with Gasteiger partial charge in [-0.1, -0.05) is 0 Å². The second kappa shape index (κ2) is 9.71. The quantitative estimate of drug-likeness (QED) is 0.778. The van der Waals surface area contributed by atoms with Crippen molar-refractivity contribution in [2.75, 3.05) is 27.9 Å². The maximum Gasteiger partial charge on any atom is 0.410 e. The third-order valence-corrected chi connectivity index (χ3v) is 4.62. The van der Waals surface area contributed by atoms with E-state index < -0.39 is 17.7 Å². The van der Waals surface area contributed by atoms with Crippen LogP contribution in [0.25, 0.3) is 0 Å². The summed E-state index contributed by atoms with van der Waals surface area (Å²) < 4.78 is 21.5. The van der Waals surface area contributed by atoms with Crippen molar-refractivity contribution in [2.45, 2.75) is 58.2 Å². The molecule has 1 saturated heterocycles. The van der Waals surface area contributed by atoms with E-state index in [2.05, 4.69) is 5.32 Å². The first kappa shape index (κ1) is 22.6. The fraction of sp³-hybridized carbons (Fsp3) is 0.619. The standard InChI is InChI=1S/C21H32N2O6/c1-21(2,3)29-20(25)23-10-8-7-9-15(23)19(24)22-13-14-11-16(26-4)18(28-6)17(12-14)27-5/h11-12,15H,7-10,13H2,1-6H3,(H,22,24). The SMILES string of the molecule is COc1cc(CNC(=O)C2CCCCN2C(=O)OC(C)(C)C)cc(OC)c1OC. The minimum Gasteiger partial charge on any atom is -0.493 e. The van der Waals surface area contributed by atoms with Crippen molar-refractivity contribution in [1.82, 2.24) is 10.2 Å². The minimum atomic E-state index is -0.605. The fourth-order valence-corrected chi connectivity index (χ4v) is 3.29. The molecule has 1 fully saturated rings. The molecule has 1 aromatic rings. The first-order valence-electron chi connectivity index (χ1n) is 9.76. The Morgan fingerprint density at radius 1 is 1.07 bits per heavy atom. The molecule has 8 heteroatoms. The molecule has 1 unspecified atom stereocenters. The molecule has 2 amide bonds. The van der Waals surface area contributed by atoms with Gasteiger partial charge in [-0.2, -0.15) is 0 Å². The molecule has 1 N–H and O–H groups in total. The molecule has 1 heterocycles. The van der Waals surface area contributed by atoms with Gasteiger partial charge in [0.2, 0.25) is 11.7 Å². The summed E-state index contributed by atoms with van der Waals surface area (Å²) in [5.74, 6) is 1.33. The Morgan fingerprint density at radius 3 is 2.21 bits per heavy atom. The molecule has 1 aliphatic heterocycles. The molecule has 0 aliphatic carbocycles. The van der Waals surface area contributed by atoms with Crippen LogP contribution in [-0.4, -0.2) is 56.4 Å². The minimum absolute atomic E-state index is 0.204. The smallest absolute Gasteiger partial charge is 0.410 e. The maximum atomic E-state index is 12.8. The lowest BCUT2D eigenvalue weighted by atomic mass is 10.0. The average Bonchev–Trinajstić information content (AvgIpc) is 2.69. The number of likely N-dealkylation sites (tertiary alicyclic amines) is 1. The summed E-state index contributed by atoms with van der Waals surface area (Å²) in [6.07, 6.45) is 1.91. The Balaban J connectivity index is 2.09. The van der Waals surface area contributed by atoms with Gasteiger partial charge in [-0.15, -0.1) is 0 Å². The molecule has 1 atom stereocenters. The van der Waals surface area contributed by atoms with E-state index >= 15 is 0 Å². The van der Waals surface area contributed by atoms with E-state index in [0.29, 0.717) is 30.2 Å². The number of hydrogen-bond acceptors (Lipinski definition) is 6. The number of carbonyl (C=O) groups excluding carboxylic acids is 2. The largest absolute Gasteiger partial charge is 0.493 e. The Bertz CT molecular complexity index is 703. The van der Waals surface area contributed by atoms with Crippen molar-refractivity contribution in [3.63, 3.8) is 0 Å². The number of rotatable bonds is 6.